The molecule has 4 aromatic rings. The van der Waals surface area contributed by atoms with E-state index in [0.717, 1.165) is 43.0 Å². The Kier molecular flexibility index (Phi) is 7.45. The standard InChI is InChI=1S/C28H31Cl2N7O/c1-28(2,3)16-31-27(38)34-19-12-14-36(15-13-19)25-23-26(33-17-32-25)37(20-10-8-18(29)9-11-20)24(35-23)21-6-4-5-7-22(21)30/h4-11,17,19H,12-16H2,1-3H3,(H2,31,34,38). The van der Waals surface area contributed by atoms with Gasteiger partial charge in [-0.3, -0.25) is 4.57 Å². The number of imidazole rings is 1. The molecule has 0 saturated carbocycles. The molecular formula is C28H31Cl2N7O. The molecule has 0 aliphatic carbocycles. The van der Waals surface area contributed by atoms with Gasteiger partial charge in [-0.05, 0) is 54.7 Å². The molecule has 0 atom stereocenters. The Morgan fingerprint density at radius 2 is 1.74 bits per heavy atom. The van der Waals surface area contributed by atoms with Crippen LogP contribution in [0.5, 0.6) is 0 Å². The number of nitrogens with one attached hydrogen (secondary N) is 2. The molecule has 198 valence electrons. The normalized spacial score (nSPS) is 14.6. The zero-order valence-corrected chi connectivity index (χ0v) is 23.2. The van der Waals surface area contributed by atoms with Crippen LogP contribution in [0.4, 0.5) is 10.6 Å². The van der Waals surface area contributed by atoms with Crippen molar-refractivity contribution in [1.82, 2.24) is 30.2 Å². The van der Waals surface area contributed by atoms with E-state index in [1.165, 1.54) is 0 Å². The van der Waals surface area contributed by atoms with Crippen LogP contribution in [0.3, 0.4) is 0 Å². The van der Waals surface area contributed by atoms with Gasteiger partial charge in [0.2, 0.25) is 0 Å². The Morgan fingerprint density at radius 1 is 1.03 bits per heavy atom. The van der Waals surface area contributed by atoms with Crippen LogP contribution in [-0.4, -0.2) is 51.2 Å². The molecule has 3 heterocycles. The predicted octanol–water partition coefficient (Wildman–Crippen LogP) is 6.10. The third-order valence-corrected chi connectivity index (χ3v) is 7.12. The van der Waals surface area contributed by atoms with E-state index in [1.54, 1.807) is 6.33 Å². The minimum Gasteiger partial charge on any atom is -0.355 e. The van der Waals surface area contributed by atoms with Crippen LogP contribution >= 0.6 is 23.2 Å². The van der Waals surface area contributed by atoms with Gasteiger partial charge >= 0.3 is 6.03 Å². The van der Waals surface area contributed by atoms with Crippen molar-refractivity contribution >= 4 is 46.2 Å². The van der Waals surface area contributed by atoms with Gasteiger partial charge in [0.1, 0.15) is 12.2 Å². The molecule has 2 aromatic carbocycles. The molecule has 8 nitrogen and oxygen atoms in total. The second-order valence-corrected chi connectivity index (χ2v) is 11.6. The number of amides is 2. The summed E-state index contributed by atoms with van der Waals surface area (Å²) in [5.41, 5.74) is 3.11. The first-order valence-electron chi connectivity index (χ1n) is 12.7. The highest BCUT2D eigenvalue weighted by Gasteiger charge is 2.26. The molecular weight excluding hydrogens is 521 g/mol. The third-order valence-electron chi connectivity index (χ3n) is 6.53. The van der Waals surface area contributed by atoms with E-state index < -0.39 is 0 Å². The fourth-order valence-corrected chi connectivity index (χ4v) is 4.93. The number of carbonyl (C=O) groups is 1. The molecule has 2 N–H and O–H groups in total. The molecule has 1 saturated heterocycles. The van der Waals surface area contributed by atoms with Crippen molar-refractivity contribution < 1.29 is 4.79 Å². The van der Waals surface area contributed by atoms with E-state index in [2.05, 4.69) is 46.3 Å². The topological polar surface area (TPSA) is 88.0 Å². The Labute approximate surface area is 232 Å². The fraction of sp³-hybridized carbons (Fsp3) is 0.357. The number of fused-ring (bicyclic) bond motifs is 1. The Bertz CT molecular complexity index is 1440. The Balaban J connectivity index is 1.44. The summed E-state index contributed by atoms with van der Waals surface area (Å²) in [6, 6.07) is 15.2. The molecule has 1 aliphatic rings. The summed E-state index contributed by atoms with van der Waals surface area (Å²) in [6.07, 6.45) is 3.19. The van der Waals surface area contributed by atoms with E-state index >= 15 is 0 Å². The molecule has 2 aromatic heterocycles. The van der Waals surface area contributed by atoms with Crippen molar-refractivity contribution in [2.45, 2.75) is 39.7 Å². The maximum absolute atomic E-state index is 12.4. The number of nitrogens with zero attached hydrogens (tertiary/aromatic N) is 5. The lowest BCUT2D eigenvalue weighted by Crippen LogP contribution is -2.49. The van der Waals surface area contributed by atoms with Crippen molar-refractivity contribution in [2.24, 2.45) is 5.41 Å². The number of aromatic nitrogens is 4. The Hall–Kier alpha value is -3.36. The highest BCUT2D eigenvalue weighted by molar-refractivity contribution is 6.33. The second-order valence-electron chi connectivity index (χ2n) is 10.7. The lowest BCUT2D eigenvalue weighted by molar-refractivity contribution is 0.229. The highest BCUT2D eigenvalue weighted by atomic mass is 35.5. The number of hydrogen-bond acceptors (Lipinski definition) is 5. The molecule has 38 heavy (non-hydrogen) atoms. The van der Waals surface area contributed by atoms with Crippen molar-refractivity contribution in [3.8, 4) is 17.1 Å². The van der Waals surface area contributed by atoms with Gasteiger partial charge in [-0.2, -0.15) is 0 Å². The first-order chi connectivity index (χ1) is 18.2. The monoisotopic (exact) mass is 551 g/mol. The van der Waals surface area contributed by atoms with Crippen LogP contribution in [0.1, 0.15) is 33.6 Å². The number of hydrogen-bond donors (Lipinski definition) is 2. The summed E-state index contributed by atoms with van der Waals surface area (Å²) in [5.74, 6) is 1.45. The zero-order chi connectivity index (χ0) is 26.9. The average Bonchev–Trinajstić information content (AvgIpc) is 3.28. The maximum Gasteiger partial charge on any atom is 0.315 e. The summed E-state index contributed by atoms with van der Waals surface area (Å²) in [4.78, 5) is 28.9. The lowest BCUT2D eigenvalue weighted by Gasteiger charge is -2.33. The van der Waals surface area contributed by atoms with Crippen LogP contribution in [-0.2, 0) is 0 Å². The number of rotatable bonds is 5. The molecule has 1 fully saturated rings. The van der Waals surface area contributed by atoms with Crippen LogP contribution in [0.2, 0.25) is 10.0 Å². The number of benzene rings is 2. The third kappa shape index (κ3) is 5.71. The molecule has 5 rings (SSSR count). The van der Waals surface area contributed by atoms with Gasteiger partial charge in [0.15, 0.2) is 17.0 Å². The van der Waals surface area contributed by atoms with Gasteiger partial charge in [0.05, 0.1) is 5.02 Å². The number of carbonyl (C=O) groups excluding carboxylic acids is 1. The largest absolute Gasteiger partial charge is 0.355 e. The van der Waals surface area contributed by atoms with Gasteiger partial charge in [-0.1, -0.05) is 56.1 Å². The molecule has 10 heteroatoms. The van der Waals surface area contributed by atoms with E-state index in [-0.39, 0.29) is 17.5 Å². The fourth-order valence-electron chi connectivity index (χ4n) is 4.59. The van der Waals surface area contributed by atoms with E-state index in [1.807, 2.05) is 53.1 Å². The van der Waals surface area contributed by atoms with E-state index in [9.17, 15) is 4.79 Å². The van der Waals surface area contributed by atoms with Gasteiger partial charge in [-0.25, -0.2) is 19.7 Å². The number of anilines is 1. The number of piperidine rings is 1. The summed E-state index contributed by atoms with van der Waals surface area (Å²) in [6.45, 7) is 8.40. The zero-order valence-electron chi connectivity index (χ0n) is 21.7. The Morgan fingerprint density at radius 3 is 2.42 bits per heavy atom. The summed E-state index contributed by atoms with van der Waals surface area (Å²) >= 11 is 12.8. The van der Waals surface area contributed by atoms with Crippen molar-refractivity contribution in [3.63, 3.8) is 0 Å². The van der Waals surface area contributed by atoms with Crippen LogP contribution in [0.25, 0.3) is 28.2 Å². The number of urea groups is 1. The summed E-state index contributed by atoms with van der Waals surface area (Å²) < 4.78 is 1.99. The van der Waals surface area contributed by atoms with Gasteiger partial charge in [0, 0.05) is 41.9 Å². The first-order valence-corrected chi connectivity index (χ1v) is 13.5. The first kappa shape index (κ1) is 26.3. The molecule has 0 spiro atoms. The molecule has 0 bridgehead atoms. The molecule has 0 radical (unpaired) electrons. The summed E-state index contributed by atoms with van der Waals surface area (Å²) in [5, 5.41) is 7.33. The average molecular weight is 553 g/mol. The minimum atomic E-state index is -0.117. The van der Waals surface area contributed by atoms with Crippen LogP contribution in [0, 0.1) is 5.41 Å². The van der Waals surface area contributed by atoms with Crippen molar-refractivity contribution in [2.75, 3.05) is 24.5 Å². The van der Waals surface area contributed by atoms with Crippen molar-refractivity contribution in [1.29, 1.82) is 0 Å². The van der Waals surface area contributed by atoms with E-state index in [0.29, 0.717) is 33.6 Å². The van der Waals surface area contributed by atoms with Gasteiger partial charge < -0.3 is 15.5 Å². The van der Waals surface area contributed by atoms with Gasteiger partial charge in [-0.15, -0.1) is 0 Å². The minimum absolute atomic E-state index is 0.0390. The maximum atomic E-state index is 12.4. The lowest BCUT2D eigenvalue weighted by atomic mass is 9.97. The predicted molar refractivity (Wildman–Crippen MR) is 153 cm³/mol. The summed E-state index contributed by atoms with van der Waals surface area (Å²) in [7, 11) is 0. The molecule has 2 amide bonds. The van der Waals surface area contributed by atoms with Gasteiger partial charge in [0.25, 0.3) is 0 Å². The van der Waals surface area contributed by atoms with Crippen LogP contribution < -0.4 is 15.5 Å². The van der Waals surface area contributed by atoms with E-state index in [4.69, 9.17) is 28.2 Å². The van der Waals surface area contributed by atoms with Crippen molar-refractivity contribution in [3.05, 3.63) is 64.9 Å². The van der Waals surface area contributed by atoms with Crippen LogP contribution in [0.15, 0.2) is 54.9 Å². The highest BCUT2D eigenvalue weighted by Crippen LogP contribution is 2.35. The quantitative estimate of drug-likeness (QED) is 0.312. The molecule has 0 unspecified atom stereocenters. The molecule has 1 aliphatic heterocycles. The second kappa shape index (κ2) is 10.8. The SMILES string of the molecule is CC(C)(C)CNC(=O)NC1CCN(c2ncnc3c2nc(-c2ccccc2Cl)n3-c2ccc(Cl)cc2)CC1. The smallest absolute Gasteiger partial charge is 0.315 e. The number of halogens is 2.